The van der Waals surface area contributed by atoms with Crippen molar-refractivity contribution in [3.05, 3.63) is 41.6 Å². The quantitative estimate of drug-likeness (QED) is 0.443. The Morgan fingerprint density at radius 2 is 1.93 bits per heavy atom. The van der Waals surface area contributed by atoms with E-state index < -0.39 is 9.89 Å². The zero-order valence-electron chi connectivity index (χ0n) is 15.3. The van der Waals surface area contributed by atoms with Crippen LogP contribution in [0.5, 0.6) is 0 Å². The van der Waals surface area contributed by atoms with Gasteiger partial charge in [-0.1, -0.05) is 67.2 Å². The van der Waals surface area contributed by atoms with Gasteiger partial charge in [0.15, 0.2) is 0 Å². The van der Waals surface area contributed by atoms with Gasteiger partial charge in [-0.2, -0.15) is 5.10 Å². The van der Waals surface area contributed by atoms with Gasteiger partial charge in [-0.15, -0.1) is 0 Å². The number of carbonyl (C=O) groups excluding carboxylic acids is 1. The van der Waals surface area contributed by atoms with E-state index in [2.05, 4.69) is 41.9 Å². The van der Waals surface area contributed by atoms with E-state index >= 15 is 0 Å². The van der Waals surface area contributed by atoms with Crippen LogP contribution >= 0.6 is 34.8 Å². The van der Waals surface area contributed by atoms with Crippen molar-refractivity contribution in [2.24, 2.45) is 0 Å². The average Bonchev–Trinajstić information content (AvgIpc) is 3.05. The summed E-state index contributed by atoms with van der Waals surface area (Å²) < 4.78 is 4.91. The number of aromatic nitrogens is 2. The lowest BCUT2D eigenvalue weighted by Gasteiger charge is -2.14. The van der Waals surface area contributed by atoms with Crippen LogP contribution in [0.25, 0.3) is 5.69 Å². The molecular weight excluding hydrogens is 411 g/mol. The number of nitrogens with one attached hydrogen (secondary N) is 2. The molecule has 0 saturated carbocycles. The Bertz CT molecular complexity index is 742. The van der Waals surface area contributed by atoms with Crippen LogP contribution in [0.3, 0.4) is 0 Å². The van der Waals surface area contributed by atoms with E-state index in [9.17, 15) is 4.79 Å². The lowest BCUT2D eigenvalue weighted by Crippen LogP contribution is -2.33. The molecule has 1 aromatic heterocycles. The number of unbranched alkanes of at least 4 members (excludes halogenated alkanes) is 1. The van der Waals surface area contributed by atoms with Gasteiger partial charge in [0.2, 0.25) is 3.79 Å². The Hall–Kier alpha value is -1.63. The van der Waals surface area contributed by atoms with Crippen molar-refractivity contribution in [1.29, 1.82) is 0 Å². The Balaban J connectivity index is 2.12. The molecule has 1 amide bonds. The smallest absolute Gasteiger partial charge is 0.426 e. The number of alkyl halides is 3. The number of hydrogen-bond acceptors (Lipinski definition) is 4. The maximum atomic E-state index is 11.8. The molecule has 1 heterocycles. The SMILES string of the molecule is CCCCc1cc(NNC(=O)OCC(Cl)(Cl)Cl)n(-c2ccc(CC)cc2)n1. The van der Waals surface area contributed by atoms with Crippen molar-refractivity contribution >= 4 is 46.7 Å². The molecule has 6 nitrogen and oxygen atoms in total. The lowest BCUT2D eigenvalue weighted by molar-refractivity contribution is 0.150. The maximum absolute atomic E-state index is 11.8. The molecule has 0 saturated heterocycles. The van der Waals surface area contributed by atoms with Crippen LogP contribution in [0.1, 0.15) is 37.9 Å². The van der Waals surface area contributed by atoms with Crippen molar-refractivity contribution in [3.63, 3.8) is 0 Å². The highest BCUT2D eigenvalue weighted by atomic mass is 35.6. The van der Waals surface area contributed by atoms with Gasteiger partial charge in [0.1, 0.15) is 12.4 Å². The van der Waals surface area contributed by atoms with E-state index in [1.54, 1.807) is 4.68 Å². The van der Waals surface area contributed by atoms with Gasteiger partial charge in [-0.05, 0) is 37.0 Å². The summed E-state index contributed by atoms with van der Waals surface area (Å²) in [5.41, 5.74) is 8.29. The highest BCUT2D eigenvalue weighted by molar-refractivity contribution is 6.67. The van der Waals surface area contributed by atoms with Crippen LogP contribution in [-0.4, -0.2) is 26.3 Å². The molecule has 27 heavy (non-hydrogen) atoms. The molecular formula is C18H23Cl3N4O2. The second-order valence-corrected chi connectivity index (χ2v) is 8.51. The monoisotopic (exact) mass is 432 g/mol. The molecule has 0 aliphatic rings. The molecule has 0 atom stereocenters. The number of halogens is 3. The van der Waals surface area contributed by atoms with E-state index in [0.717, 1.165) is 37.1 Å². The molecule has 0 unspecified atom stereocenters. The summed E-state index contributed by atoms with van der Waals surface area (Å²) in [6.45, 7) is 3.87. The van der Waals surface area contributed by atoms with Gasteiger partial charge in [0.25, 0.3) is 0 Å². The molecule has 2 rings (SSSR count). The number of carbonyl (C=O) groups is 1. The van der Waals surface area contributed by atoms with Gasteiger partial charge < -0.3 is 4.74 Å². The third-order valence-corrected chi connectivity index (χ3v) is 4.12. The normalized spacial score (nSPS) is 11.3. The summed E-state index contributed by atoms with van der Waals surface area (Å²) in [5, 5.41) is 4.64. The zero-order chi connectivity index (χ0) is 19.9. The predicted molar refractivity (Wildman–Crippen MR) is 110 cm³/mol. The molecule has 0 spiro atoms. The Kier molecular flexibility index (Phi) is 8.07. The molecule has 1 aromatic carbocycles. The molecule has 2 aromatic rings. The maximum Gasteiger partial charge on any atom is 0.426 e. The fraction of sp³-hybridized carbons (Fsp3) is 0.444. The van der Waals surface area contributed by atoms with E-state index in [4.69, 9.17) is 39.5 Å². The topological polar surface area (TPSA) is 68.2 Å². The summed E-state index contributed by atoms with van der Waals surface area (Å²) in [7, 11) is 0. The summed E-state index contributed by atoms with van der Waals surface area (Å²) in [6, 6.07) is 9.96. The molecule has 9 heteroatoms. The highest BCUT2D eigenvalue weighted by Crippen LogP contribution is 2.26. The third-order valence-electron chi connectivity index (χ3n) is 3.80. The highest BCUT2D eigenvalue weighted by Gasteiger charge is 2.22. The molecule has 0 aliphatic carbocycles. The van der Waals surface area contributed by atoms with Crippen molar-refractivity contribution < 1.29 is 9.53 Å². The average molecular weight is 434 g/mol. The number of hydrazine groups is 1. The van der Waals surface area contributed by atoms with E-state index in [0.29, 0.717) is 5.82 Å². The number of aryl methyl sites for hydroxylation is 2. The number of amides is 1. The van der Waals surface area contributed by atoms with E-state index in [-0.39, 0.29) is 6.61 Å². The second kappa shape index (κ2) is 10.1. The largest absolute Gasteiger partial charge is 0.444 e. The number of benzene rings is 1. The van der Waals surface area contributed by atoms with Gasteiger partial charge in [0.05, 0.1) is 11.4 Å². The number of rotatable bonds is 8. The summed E-state index contributed by atoms with van der Waals surface area (Å²) in [4.78, 5) is 11.8. The van der Waals surface area contributed by atoms with Crippen LogP contribution in [0.2, 0.25) is 0 Å². The Morgan fingerprint density at radius 3 is 2.52 bits per heavy atom. The summed E-state index contributed by atoms with van der Waals surface area (Å²) in [6.07, 6.45) is 3.16. The first-order chi connectivity index (χ1) is 12.8. The number of nitrogens with zero attached hydrogens (tertiary/aromatic N) is 2. The molecule has 2 N–H and O–H groups in total. The van der Waals surface area contributed by atoms with Crippen molar-refractivity contribution in [1.82, 2.24) is 15.2 Å². The van der Waals surface area contributed by atoms with Crippen LogP contribution in [-0.2, 0) is 17.6 Å². The fourth-order valence-corrected chi connectivity index (χ4v) is 2.53. The zero-order valence-corrected chi connectivity index (χ0v) is 17.5. The standard InChI is InChI=1S/C18H23Cl3N4O2/c1-3-5-6-14-11-16(22-23-17(26)27-12-18(19,20)21)25(24-14)15-9-7-13(4-2)8-10-15/h7-11,22H,3-6,12H2,1-2H3,(H,23,26). The van der Waals surface area contributed by atoms with Crippen LogP contribution in [0.15, 0.2) is 30.3 Å². The van der Waals surface area contributed by atoms with E-state index in [1.165, 1.54) is 5.56 Å². The Labute approximate surface area is 174 Å². The second-order valence-electron chi connectivity index (χ2n) is 6.00. The minimum Gasteiger partial charge on any atom is -0.444 e. The third kappa shape index (κ3) is 7.13. The first-order valence-corrected chi connectivity index (χ1v) is 9.89. The molecule has 0 bridgehead atoms. The number of anilines is 1. The molecule has 148 valence electrons. The van der Waals surface area contributed by atoms with Crippen LogP contribution in [0, 0.1) is 0 Å². The molecule has 0 radical (unpaired) electrons. The van der Waals surface area contributed by atoms with Crippen LogP contribution in [0.4, 0.5) is 10.6 Å². The summed E-state index contributed by atoms with van der Waals surface area (Å²) >= 11 is 16.7. The fourth-order valence-electron chi connectivity index (χ4n) is 2.37. The predicted octanol–water partition coefficient (Wildman–Crippen LogP) is 5.20. The first-order valence-electron chi connectivity index (χ1n) is 8.76. The van der Waals surface area contributed by atoms with Crippen molar-refractivity contribution in [2.75, 3.05) is 12.0 Å². The van der Waals surface area contributed by atoms with Gasteiger partial charge >= 0.3 is 6.09 Å². The van der Waals surface area contributed by atoms with Gasteiger partial charge in [-0.25, -0.2) is 14.9 Å². The lowest BCUT2D eigenvalue weighted by atomic mass is 10.1. The summed E-state index contributed by atoms with van der Waals surface area (Å²) in [5.74, 6) is 0.608. The van der Waals surface area contributed by atoms with Gasteiger partial charge in [0, 0.05) is 6.07 Å². The minimum absolute atomic E-state index is 0.356. The van der Waals surface area contributed by atoms with E-state index in [1.807, 2.05) is 18.2 Å². The van der Waals surface area contributed by atoms with Crippen molar-refractivity contribution in [3.8, 4) is 5.69 Å². The van der Waals surface area contributed by atoms with Crippen molar-refractivity contribution in [2.45, 2.75) is 43.3 Å². The Morgan fingerprint density at radius 1 is 1.22 bits per heavy atom. The molecule has 0 aliphatic heterocycles. The van der Waals surface area contributed by atoms with Crippen LogP contribution < -0.4 is 10.9 Å². The molecule has 0 fully saturated rings. The number of ether oxygens (including phenoxy) is 1. The minimum atomic E-state index is -1.66. The first kappa shape index (κ1) is 21.7. The van der Waals surface area contributed by atoms with Gasteiger partial charge in [-0.3, -0.25) is 5.43 Å². The number of hydrogen-bond donors (Lipinski definition) is 2.